The van der Waals surface area contributed by atoms with Crippen molar-refractivity contribution in [2.75, 3.05) is 13.7 Å². The number of nitrogens with one attached hydrogen (secondary N) is 1. The maximum atomic E-state index is 11.2. The van der Waals surface area contributed by atoms with Crippen molar-refractivity contribution in [1.82, 2.24) is 15.1 Å². The molecule has 5 heteroatoms. The van der Waals surface area contributed by atoms with Gasteiger partial charge in [0.05, 0.1) is 19.6 Å². The Morgan fingerprint density at radius 1 is 1.56 bits per heavy atom. The minimum absolute atomic E-state index is 0.120. The largest absolute Gasteiger partial charge is 0.469 e. The summed E-state index contributed by atoms with van der Waals surface area (Å²) in [6, 6.07) is 2.16. The zero-order valence-corrected chi connectivity index (χ0v) is 10.0. The first-order valence-corrected chi connectivity index (χ1v) is 5.42. The molecule has 0 aliphatic carbocycles. The fraction of sp³-hybridized carbons (Fsp3) is 0.636. The summed E-state index contributed by atoms with van der Waals surface area (Å²) in [5, 5.41) is 7.39. The maximum absolute atomic E-state index is 11.2. The summed E-state index contributed by atoms with van der Waals surface area (Å²) in [5.41, 5.74) is 0. The average molecular weight is 225 g/mol. The first-order chi connectivity index (χ1) is 7.63. The number of aromatic nitrogens is 2. The highest BCUT2D eigenvalue weighted by molar-refractivity contribution is 5.72. The fourth-order valence-corrected chi connectivity index (χ4v) is 1.42. The van der Waals surface area contributed by atoms with Crippen LogP contribution in [-0.4, -0.2) is 35.4 Å². The van der Waals surface area contributed by atoms with Crippen LogP contribution in [0, 0.1) is 5.92 Å². The zero-order valence-electron chi connectivity index (χ0n) is 10.0. The summed E-state index contributed by atoms with van der Waals surface area (Å²) >= 11 is 0. The van der Waals surface area contributed by atoms with Gasteiger partial charge < -0.3 is 10.1 Å². The van der Waals surface area contributed by atoms with Gasteiger partial charge in [0.2, 0.25) is 0 Å². The normalized spacial score (nSPS) is 14.4. The van der Waals surface area contributed by atoms with Crippen molar-refractivity contribution < 1.29 is 9.53 Å². The van der Waals surface area contributed by atoms with Crippen LogP contribution in [-0.2, 0) is 16.1 Å². The lowest BCUT2D eigenvalue weighted by molar-refractivity contribution is -0.144. The van der Waals surface area contributed by atoms with Gasteiger partial charge in [-0.05, 0) is 13.0 Å². The molecule has 5 nitrogen and oxygen atoms in total. The predicted molar refractivity (Wildman–Crippen MR) is 60.9 cm³/mol. The second-order valence-electron chi connectivity index (χ2n) is 3.96. The van der Waals surface area contributed by atoms with Gasteiger partial charge >= 0.3 is 5.97 Å². The molecule has 16 heavy (non-hydrogen) atoms. The van der Waals surface area contributed by atoms with E-state index >= 15 is 0 Å². The lowest BCUT2D eigenvalue weighted by atomic mass is 10.2. The molecule has 1 rings (SSSR count). The van der Waals surface area contributed by atoms with Crippen molar-refractivity contribution in [3.05, 3.63) is 18.5 Å². The van der Waals surface area contributed by atoms with E-state index in [2.05, 4.69) is 22.1 Å². The molecule has 0 aromatic carbocycles. The van der Waals surface area contributed by atoms with E-state index in [4.69, 9.17) is 0 Å². The average Bonchev–Trinajstić information content (AvgIpc) is 2.77. The zero-order chi connectivity index (χ0) is 12.0. The molecule has 0 fully saturated rings. The van der Waals surface area contributed by atoms with Crippen LogP contribution in [0.15, 0.2) is 18.5 Å². The van der Waals surface area contributed by atoms with E-state index in [1.165, 1.54) is 7.11 Å². The number of rotatable bonds is 6. The van der Waals surface area contributed by atoms with Crippen molar-refractivity contribution in [2.24, 2.45) is 5.92 Å². The number of carbonyl (C=O) groups excluding carboxylic acids is 1. The van der Waals surface area contributed by atoms with Crippen LogP contribution < -0.4 is 5.32 Å². The van der Waals surface area contributed by atoms with Gasteiger partial charge in [0.1, 0.15) is 0 Å². The van der Waals surface area contributed by atoms with Crippen molar-refractivity contribution in [2.45, 2.75) is 26.4 Å². The Morgan fingerprint density at radius 3 is 2.88 bits per heavy atom. The molecule has 0 saturated carbocycles. The Kier molecular flexibility index (Phi) is 4.98. The van der Waals surface area contributed by atoms with Gasteiger partial charge in [-0.15, -0.1) is 0 Å². The Balaban J connectivity index is 2.24. The van der Waals surface area contributed by atoms with E-state index in [1.54, 1.807) is 6.20 Å². The van der Waals surface area contributed by atoms with Gasteiger partial charge in [-0.25, -0.2) is 0 Å². The molecular weight excluding hydrogens is 206 g/mol. The Hall–Kier alpha value is -1.36. The summed E-state index contributed by atoms with van der Waals surface area (Å²) in [5.74, 6) is -0.302. The molecule has 2 unspecified atom stereocenters. The number of hydrogen-bond acceptors (Lipinski definition) is 4. The molecule has 0 aliphatic rings. The van der Waals surface area contributed by atoms with Crippen LogP contribution in [0.25, 0.3) is 0 Å². The summed E-state index contributed by atoms with van der Waals surface area (Å²) in [6.45, 7) is 5.32. The molecule has 90 valence electrons. The molecular formula is C11H19N3O2. The highest BCUT2D eigenvalue weighted by Crippen LogP contribution is 1.97. The number of carbonyl (C=O) groups is 1. The van der Waals surface area contributed by atoms with E-state index < -0.39 is 0 Å². The molecule has 1 aromatic rings. The van der Waals surface area contributed by atoms with Crippen LogP contribution in [0.3, 0.4) is 0 Å². The summed E-state index contributed by atoms with van der Waals surface area (Å²) in [4.78, 5) is 11.2. The summed E-state index contributed by atoms with van der Waals surface area (Å²) in [7, 11) is 1.41. The van der Waals surface area contributed by atoms with E-state index in [1.807, 2.05) is 23.9 Å². The third-order valence-corrected chi connectivity index (χ3v) is 2.40. The number of methoxy groups -OCH3 is 1. The second-order valence-corrected chi connectivity index (χ2v) is 3.96. The maximum Gasteiger partial charge on any atom is 0.309 e. The van der Waals surface area contributed by atoms with Gasteiger partial charge in [0.15, 0.2) is 0 Å². The highest BCUT2D eigenvalue weighted by Gasteiger charge is 2.13. The van der Waals surface area contributed by atoms with Crippen LogP contribution in [0.2, 0.25) is 0 Å². The molecule has 1 heterocycles. The molecule has 2 atom stereocenters. The van der Waals surface area contributed by atoms with Crippen LogP contribution in [0.4, 0.5) is 0 Å². The standard InChI is InChI=1S/C11H19N3O2/c1-9(11(15)16-3)7-12-10(2)8-14-6-4-5-13-14/h4-6,9-10,12H,7-8H2,1-3H3. The van der Waals surface area contributed by atoms with Crippen molar-refractivity contribution in [3.8, 4) is 0 Å². The molecule has 0 radical (unpaired) electrons. The Labute approximate surface area is 95.8 Å². The lowest BCUT2D eigenvalue weighted by Gasteiger charge is -2.16. The Morgan fingerprint density at radius 2 is 2.31 bits per heavy atom. The fourth-order valence-electron chi connectivity index (χ4n) is 1.42. The van der Waals surface area contributed by atoms with Crippen molar-refractivity contribution in [1.29, 1.82) is 0 Å². The second kappa shape index (κ2) is 6.27. The van der Waals surface area contributed by atoms with Gasteiger partial charge in [-0.1, -0.05) is 6.92 Å². The third kappa shape index (κ3) is 4.02. The van der Waals surface area contributed by atoms with E-state index in [0.29, 0.717) is 6.54 Å². The first-order valence-electron chi connectivity index (χ1n) is 5.42. The summed E-state index contributed by atoms with van der Waals surface area (Å²) in [6.07, 6.45) is 3.67. The third-order valence-electron chi connectivity index (χ3n) is 2.40. The van der Waals surface area contributed by atoms with Gasteiger partial charge in [0, 0.05) is 25.0 Å². The minimum Gasteiger partial charge on any atom is -0.469 e. The van der Waals surface area contributed by atoms with Crippen molar-refractivity contribution >= 4 is 5.97 Å². The Bertz CT molecular complexity index is 311. The molecule has 0 aliphatic heterocycles. The highest BCUT2D eigenvalue weighted by atomic mass is 16.5. The lowest BCUT2D eigenvalue weighted by Crippen LogP contribution is -2.36. The van der Waals surface area contributed by atoms with Gasteiger partial charge in [0.25, 0.3) is 0 Å². The molecule has 1 aromatic heterocycles. The summed E-state index contributed by atoms with van der Waals surface area (Å²) < 4.78 is 6.52. The van der Waals surface area contributed by atoms with Crippen LogP contribution >= 0.6 is 0 Å². The smallest absolute Gasteiger partial charge is 0.309 e. The SMILES string of the molecule is COC(=O)C(C)CNC(C)Cn1cccn1. The molecule has 0 spiro atoms. The minimum atomic E-state index is -0.182. The van der Waals surface area contributed by atoms with E-state index in [-0.39, 0.29) is 17.9 Å². The monoisotopic (exact) mass is 225 g/mol. The number of nitrogens with zero attached hydrogens (tertiary/aromatic N) is 2. The van der Waals surface area contributed by atoms with Gasteiger partial charge in [-0.3, -0.25) is 9.48 Å². The number of ether oxygens (including phenoxy) is 1. The van der Waals surface area contributed by atoms with Gasteiger partial charge in [-0.2, -0.15) is 5.10 Å². The van der Waals surface area contributed by atoms with Crippen LogP contribution in [0.1, 0.15) is 13.8 Å². The number of esters is 1. The number of hydrogen-bond donors (Lipinski definition) is 1. The quantitative estimate of drug-likeness (QED) is 0.723. The molecule has 0 amide bonds. The predicted octanol–water partition coefficient (Wildman–Crippen LogP) is 0.670. The first kappa shape index (κ1) is 12.7. The van der Waals surface area contributed by atoms with Crippen LogP contribution in [0.5, 0.6) is 0 Å². The molecule has 0 bridgehead atoms. The molecule has 1 N–H and O–H groups in total. The van der Waals surface area contributed by atoms with E-state index in [0.717, 1.165) is 6.54 Å². The van der Waals surface area contributed by atoms with Crippen molar-refractivity contribution in [3.63, 3.8) is 0 Å². The topological polar surface area (TPSA) is 56.1 Å². The molecule has 0 saturated heterocycles. The van der Waals surface area contributed by atoms with E-state index in [9.17, 15) is 4.79 Å².